The number of hydrogen-bond acceptors (Lipinski definition) is 3. The lowest BCUT2D eigenvalue weighted by molar-refractivity contribution is 0.0671. The van der Waals surface area contributed by atoms with Crippen molar-refractivity contribution in [3.05, 3.63) is 40.1 Å². The number of thiophene rings is 1. The molecule has 0 aliphatic rings. The summed E-state index contributed by atoms with van der Waals surface area (Å²) < 4.78 is 26.5. The van der Waals surface area contributed by atoms with Crippen molar-refractivity contribution in [2.75, 3.05) is 6.54 Å². The highest BCUT2D eigenvalue weighted by Gasteiger charge is 2.12. The van der Waals surface area contributed by atoms with Gasteiger partial charge in [0, 0.05) is 41.2 Å². The Morgan fingerprint density at radius 2 is 2.16 bits per heavy atom. The lowest BCUT2D eigenvalue weighted by Gasteiger charge is -2.17. The van der Waals surface area contributed by atoms with Gasteiger partial charge in [0.15, 0.2) is 5.96 Å². The van der Waals surface area contributed by atoms with Crippen LogP contribution in [0, 0.1) is 6.92 Å². The maximum Gasteiger partial charge on any atom is 0.319 e. The molecule has 0 radical (unpaired) electrons. The van der Waals surface area contributed by atoms with Crippen molar-refractivity contribution in [1.82, 2.24) is 20.2 Å². The molecule has 0 saturated heterocycles. The minimum absolute atomic E-state index is 0. The summed E-state index contributed by atoms with van der Waals surface area (Å²) in [5.74, 6) is 0.839. The maximum atomic E-state index is 12.8. The number of guanidine groups is 1. The number of aryl methyl sites for hydroxylation is 1. The van der Waals surface area contributed by atoms with Crippen molar-refractivity contribution >= 4 is 41.3 Å². The van der Waals surface area contributed by atoms with Gasteiger partial charge in [-0.25, -0.2) is 9.98 Å². The first kappa shape index (κ1) is 21.8. The third-order valence-electron chi connectivity index (χ3n) is 3.37. The van der Waals surface area contributed by atoms with Crippen LogP contribution >= 0.6 is 35.3 Å². The second kappa shape index (κ2) is 10.7. The number of nitrogens with one attached hydrogen (secondary N) is 2. The molecule has 0 amide bonds. The van der Waals surface area contributed by atoms with Gasteiger partial charge in [-0.05, 0) is 32.9 Å². The molecule has 0 aliphatic carbocycles. The highest BCUT2D eigenvalue weighted by Crippen LogP contribution is 2.16. The smallest absolute Gasteiger partial charge is 0.319 e. The fourth-order valence-electron chi connectivity index (χ4n) is 2.29. The average molecular weight is 483 g/mol. The van der Waals surface area contributed by atoms with E-state index in [0.29, 0.717) is 12.5 Å². The zero-order valence-electron chi connectivity index (χ0n) is 14.5. The van der Waals surface area contributed by atoms with E-state index in [4.69, 9.17) is 0 Å². The summed E-state index contributed by atoms with van der Waals surface area (Å²) in [5.41, 5.74) is 0. The number of aliphatic imine (C=N–C) groups is 1. The van der Waals surface area contributed by atoms with Crippen LogP contribution in [0.4, 0.5) is 8.78 Å². The number of nitrogens with zero attached hydrogens (tertiary/aromatic N) is 3. The van der Waals surface area contributed by atoms with Gasteiger partial charge >= 0.3 is 6.55 Å². The normalized spacial score (nSPS) is 12.8. The molecule has 0 bridgehead atoms. The van der Waals surface area contributed by atoms with E-state index >= 15 is 0 Å². The average Bonchev–Trinajstić information content (AvgIpc) is 3.14. The summed E-state index contributed by atoms with van der Waals surface area (Å²) in [7, 11) is 0. The van der Waals surface area contributed by atoms with Crippen LogP contribution in [0.5, 0.6) is 0 Å². The zero-order chi connectivity index (χ0) is 17.5. The molecule has 2 aromatic heterocycles. The van der Waals surface area contributed by atoms with E-state index in [-0.39, 0.29) is 42.4 Å². The Hall–Kier alpha value is -1.23. The van der Waals surface area contributed by atoms with Gasteiger partial charge in [0.2, 0.25) is 0 Å². The number of aromatic nitrogens is 2. The van der Waals surface area contributed by atoms with Crippen LogP contribution in [0.3, 0.4) is 0 Å². The lowest BCUT2D eigenvalue weighted by atomic mass is 10.2. The first-order chi connectivity index (χ1) is 11.5. The Labute approximate surface area is 168 Å². The van der Waals surface area contributed by atoms with Crippen LogP contribution in [0.1, 0.15) is 36.0 Å². The summed E-state index contributed by atoms with van der Waals surface area (Å²) in [6.07, 6.45) is 3.51. The van der Waals surface area contributed by atoms with Crippen LogP contribution in [0.2, 0.25) is 0 Å². The predicted molar refractivity (Wildman–Crippen MR) is 109 cm³/mol. The quantitative estimate of drug-likeness (QED) is 0.356. The van der Waals surface area contributed by atoms with Gasteiger partial charge in [-0.15, -0.1) is 35.3 Å². The third-order valence-corrected chi connectivity index (χ3v) is 4.39. The molecule has 0 aliphatic heterocycles. The standard InChI is InChI=1S/C16H23F2N5S.HI/c1-4-19-16(21-10-14-20-7-8-23(14)15(17)18)22-11(2)9-13-6-5-12(3)24-13;/h5-8,11,15H,4,9-10H2,1-3H3,(H2,19,21,22);1H. The van der Waals surface area contributed by atoms with E-state index in [1.165, 1.54) is 22.1 Å². The molecule has 1 unspecified atom stereocenters. The predicted octanol–water partition coefficient (Wildman–Crippen LogP) is 3.95. The lowest BCUT2D eigenvalue weighted by Crippen LogP contribution is -2.43. The van der Waals surface area contributed by atoms with Crippen LogP contribution in [-0.4, -0.2) is 28.1 Å². The molecule has 2 heterocycles. The summed E-state index contributed by atoms with van der Waals surface area (Å²) >= 11 is 1.78. The minimum Gasteiger partial charge on any atom is -0.357 e. The van der Waals surface area contributed by atoms with E-state index in [1.54, 1.807) is 11.3 Å². The Bertz CT molecular complexity index is 671. The summed E-state index contributed by atoms with van der Waals surface area (Å²) in [6.45, 7) is 4.31. The van der Waals surface area contributed by atoms with E-state index in [0.717, 1.165) is 11.0 Å². The Balaban J connectivity index is 0.00000312. The summed E-state index contributed by atoms with van der Waals surface area (Å²) in [6, 6.07) is 4.41. The van der Waals surface area contributed by atoms with Gasteiger partial charge in [0.25, 0.3) is 0 Å². The third kappa shape index (κ3) is 6.89. The van der Waals surface area contributed by atoms with E-state index < -0.39 is 6.55 Å². The number of imidazole rings is 1. The van der Waals surface area contributed by atoms with Gasteiger partial charge in [-0.3, -0.25) is 4.57 Å². The van der Waals surface area contributed by atoms with Crippen molar-refractivity contribution in [1.29, 1.82) is 0 Å². The van der Waals surface area contributed by atoms with Crippen molar-refractivity contribution in [2.24, 2.45) is 4.99 Å². The maximum absolute atomic E-state index is 12.8. The minimum atomic E-state index is -2.60. The van der Waals surface area contributed by atoms with E-state index in [1.807, 2.05) is 6.92 Å². The highest BCUT2D eigenvalue weighted by atomic mass is 127. The van der Waals surface area contributed by atoms with E-state index in [9.17, 15) is 8.78 Å². The Morgan fingerprint density at radius 3 is 2.76 bits per heavy atom. The molecular weight excluding hydrogens is 459 g/mol. The zero-order valence-corrected chi connectivity index (χ0v) is 17.6. The summed E-state index contributed by atoms with van der Waals surface area (Å²) in [5, 5.41) is 6.44. The molecule has 0 fully saturated rings. The molecule has 0 aromatic carbocycles. The van der Waals surface area contributed by atoms with Crippen LogP contribution in [0.15, 0.2) is 29.5 Å². The first-order valence-corrected chi connectivity index (χ1v) is 8.71. The second-order valence-electron chi connectivity index (χ2n) is 5.49. The van der Waals surface area contributed by atoms with Crippen molar-refractivity contribution in [2.45, 2.75) is 46.3 Å². The molecule has 25 heavy (non-hydrogen) atoms. The molecule has 140 valence electrons. The number of hydrogen-bond donors (Lipinski definition) is 2. The van der Waals surface area contributed by atoms with Crippen molar-refractivity contribution in [3.8, 4) is 0 Å². The molecular formula is C16H24F2IN5S. The largest absolute Gasteiger partial charge is 0.357 e. The summed E-state index contributed by atoms with van der Waals surface area (Å²) in [4.78, 5) is 10.9. The van der Waals surface area contributed by atoms with Crippen LogP contribution in [-0.2, 0) is 13.0 Å². The van der Waals surface area contributed by atoms with Gasteiger partial charge in [0.05, 0.1) is 0 Å². The highest BCUT2D eigenvalue weighted by molar-refractivity contribution is 14.0. The second-order valence-corrected chi connectivity index (χ2v) is 6.86. The molecule has 1 atom stereocenters. The Kier molecular flexibility index (Phi) is 9.33. The van der Waals surface area contributed by atoms with Crippen LogP contribution in [0.25, 0.3) is 0 Å². The monoisotopic (exact) mass is 483 g/mol. The van der Waals surface area contributed by atoms with Crippen LogP contribution < -0.4 is 10.6 Å². The van der Waals surface area contributed by atoms with Crippen molar-refractivity contribution < 1.29 is 8.78 Å². The molecule has 2 aromatic rings. The van der Waals surface area contributed by atoms with Gasteiger partial charge in [-0.1, -0.05) is 0 Å². The molecule has 0 spiro atoms. The molecule has 2 rings (SSSR count). The Morgan fingerprint density at radius 1 is 1.40 bits per heavy atom. The number of halogens is 3. The molecule has 0 saturated carbocycles. The first-order valence-electron chi connectivity index (χ1n) is 7.89. The molecule has 9 heteroatoms. The molecule has 2 N–H and O–H groups in total. The fraction of sp³-hybridized carbons (Fsp3) is 0.500. The fourth-order valence-corrected chi connectivity index (χ4v) is 3.31. The topological polar surface area (TPSA) is 54.2 Å². The van der Waals surface area contributed by atoms with E-state index in [2.05, 4.69) is 46.6 Å². The SMILES string of the molecule is CCNC(=NCc1nccn1C(F)F)NC(C)Cc1ccc(C)s1.I. The van der Waals surface area contributed by atoms with Gasteiger partial charge in [-0.2, -0.15) is 8.78 Å². The van der Waals surface area contributed by atoms with Gasteiger partial charge in [0.1, 0.15) is 12.4 Å². The molecule has 5 nitrogen and oxygen atoms in total. The van der Waals surface area contributed by atoms with Gasteiger partial charge < -0.3 is 10.6 Å². The number of alkyl halides is 2. The number of rotatable bonds is 7. The van der Waals surface area contributed by atoms with Crippen molar-refractivity contribution in [3.63, 3.8) is 0 Å².